The molecule has 0 radical (unpaired) electrons. The average molecular weight is 707 g/mol. The Bertz CT molecular complexity index is 1080. The summed E-state index contributed by atoms with van der Waals surface area (Å²) in [5, 5.41) is 0. The number of phosphoric ester groups is 1. The number of ether oxygens (including phenoxy) is 2. The van der Waals surface area contributed by atoms with E-state index in [-0.39, 0.29) is 25.2 Å². The third kappa shape index (κ3) is 36.3. The van der Waals surface area contributed by atoms with Gasteiger partial charge in [-0.1, -0.05) is 113 Å². The summed E-state index contributed by atoms with van der Waals surface area (Å²) >= 11 is 0. The number of hydrogen-bond acceptors (Lipinski definition) is 7. The number of carbonyl (C=O) groups excluding carboxylic acids is 3. The Morgan fingerprint density at radius 1 is 0.612 bits per heavy atom. The van der Waals surface area contributed by atoms with Gasteiger partial charge in [0.1, 0.15) is 6.61 Å². The number of allylic oxidation sites excluding steroid dienone is 12. The van der Waals surface area contributed by atoms with Gasteiger partial charge in [-0.15, -0.1) is 0 Å². The number of esters is 2. The summed E-state index contributed by atoms with van der Waals surface area (Å²) in [6.45, 7) is 3.32. The van der Waals surface area contributed by atoms with E-state index >= 15 is 0 Å². The second-order valence-corrected chi connectivity index (χ2v) is 13.1. The first-order chi connectivity index (χ1) is 23.7. The first kappa shape index (κ1) is 46.2. The third-order valence-electron chi connectivity index (χ3n) is 7.19. The second kappa shape index (κ2) is 33.6. The zero-order chi connectivity index (χ0) is 36.3. The van der Waals surface area contributed by atoms with Crippen LogP contribution in [0.25, 0.3) is 0 Å². The van der Waals surface area contributed by atoms with E-state index in [4.69, 9.17) is 19.3 Å². The van der Waals surface area contributed by atoms with Crippen LogP contribution in [0.3, 0.4) is 0 Å². The fourth-order valence-corrected chi connectivity index (χ4v) is 4.82. The van der Waals surface area contributed by atoms with Gasteiger partial charge in [-0.2, -0.15) is 0 Å². The maximum absolute atomic E-state index is 12.3. The highest BCUT2D eigenvalue weighted by atomic mass is 31.2. The number of hydrogen-bond donors (Lipinski definition) is 2. The van der Waals surface area contributed by atoms with Crippen LogP contribution in [0.4, 0.5) is 0 Å². The second-order valence-electron chi connectivity index (χ2n) is 11.8. The van der Waals surface area contributed by atoms with Gasteiger partial charge < -0.3 is 19.3 Å². The SMILES string of the molecule is CC/C=C\C/C=C\C/C=C\C/C=C\CCCCC(=O)O[C@H](COC(=O)CCCCCCC/C=C\C=C\C(=O)CCCCC)COP(=O)(O)O. The lowest BCUT2D eigenvalue weighted by molar-refractivity contribution is -0.161. The van der Waals surface area contributed by atoms with Gasteiger partial charge in [-0.25, -0.2) is 4.57 Å². The summed E-state index contributed by atoms with van der Waals surface area (Å²) in [6, 6.07) is 0. The summed E-state index contributed by atoms with van der Waals surface area (Å²) in [7, 11) is -4.78. The van der Waals surface area contributed by atoms with Crippen molar-refractivity contribution in [3.63, 3.8) is 0 Å². The molecular formula is C39H63O9P. The highest BCUT2D eigenvalue weighted by molar-refractivity contribution is 7.46. The van der Waals surface area contributed by atoms with Gasteiger partial charge in [-0.3, -0.25) is 18.9 Å². The lowest BCUT2D eigenvalue weighted by Gasteiger charge is -2.18. The predicted molar refractivity (Wildman–Crippen MR) is 198 cm³/mol. The minimum Gasteiger partial charge on any atom is -0.462 e. The molecule has 0 spiro atoms. The van der Waals surface area contributed by atoms with E-state index in [1.165, 1.54) is 0 Å². The van der Waals surface area contributed by atoms with Crippen LogP contribution < -0.4 is 0 Å². The summed E-state index contributed by atoms with van der Waals surface area (Å²) in [4.78, 5) is 54.3. The Morgan fingerprint density at radius 2 is 1.16 bits per heavy atom. The van der Waals surface area contributed by atoms with Crippen molar-refractivity contribution in [2.24, 2.45) is 0 Å². The van der Waals surface area contributed by atoms with Crippen molar-refractivity contribution >= 4 is 25.5 Å². The van der Waals surface area contributed by atoms with Gasteiger partial charge >= 0.3 is 19.8 Å². The van der Waals surface area contributed by atoms with Crippen LogP contribution in [0.15, 0.2) is 72.9 Å². The Morgan fingerprint density at radius 3 is 1.84 bits per heavy atom. The molecule has 0 aliphatic heterocycles. The molecule has 2 N–H and O–H groups in total. The largest absolute Gasteiger partial charge is 0.469 e. The normalized spacial score (nSPS) is 13.2. The van der Waals surface area contributed by atoms with Crippen LogP contribution in [0.2, 0.25) is 0 Å². The number of phosphoric acid groups is 1. The molecule has 0 aromatic heterocycles. The summed E-state index contributed by atoms with van der Waals surface area (Å²) in [6.07, 6.45) is 38.9. The predicted octanol–water partition coefficient (Wildman–Crippen LogP) is 9.91. The molecule has 0 saturated carbocycles. The first-order valence-electron chi connectivity index (χ1n) is 18.2. The monoisotopic (exact) mass is 706 g/mol. The van der Waals surface area contributed by atoms with Crippen molar-refractivity contribution < 1.29 is 42.7 Å². The van der Waals surface area contributed by atoms with E-state index in [1.807, 2.05) is 6.08 Å². The van der Waals surface area contributed by atoms with Gasteiger partial charge in [0.05, 0.1) is 6.61 Å². The summed E-state index contributed by atoms with van der Waals surface area (Å²) < 4.78 is 26.2. The molecule has 0 rings (SSSR count). The van der Waals surface area contributed by atoms with Gasteiger partial charge in [0.15, 0.2) is 11.9 Å². The third-order valence-corrected chi connectivity index (χ3v) is 7.67. The topological polar surface area (TPSA) is 136 Å². The van der Waals surface area contributed by atoms with Crippen LogP contribution >= 0.6 is 7.82 Å². The Labute approximate surface area is 295 Å². The van der Waals surface area contributed by atoms with E-state index in [2.05, 4.69) is 73.1 Å². The lowest BCUT2D eigenvalue weighted by atomic mass is 10.1. The van der Waals surface area contributed by atoms with Crippen molar-refractivity contribution in [1.29, 1.82) is 0 Å². The first-order valence-corrected chi connectivity index (χ1v) is 19.7. The fourth-order valence-electron chi connectivity index (χ4n) is 4.46. The summed E-state index contributed by atoms with van der Waals surface area (Å²) in [5.74, 6) is -0.834. The zero-order valence-corrected chi connectivity index (χ0v) is 30.9. The van der Waals surface area contributed by atoms with Crippen LogP contribution in [0, 0.1) is 0 Å². The highest BCUT2D eigenvalue weighted by Crippen LogP contribution is 2.35. The van der Waals surface area contributed by atoms with E-state index in [9.17, 15) is 18.9 Å². The highest BCUT2D eigenvalue weighted by Gasteiger charge is 2.22. The standard InChI is InChI=1S/C39H63O9P/c1-3-5-7-8-9-10-11-12-13-14-15-18-22-25-29-33-39(42)48-37(35-47-49(43,44)45)34-46-38(41)32-28-24-21-19-16-17-20-23-27-31-36(40)30-26-6-4-2/h5,7,9-10,12-13,15,18,20,23,27,31,37H,3-4,6,8,11,14,16-17,19,21-22,24-26,28-30,32-35H2,1-2H3,(H2,43,44,45)/b7-5-,10-9-,13-12-,18-15-,23-20-,31-27+/t37-/m1/s1. The number of carbonyl (C=O) groups is 3. The molecule has 0 heterocycles. The van der Waals surface area contributed by atoms with Gasteiger partial charge in [-0.05, 0) is 76.7 Å². The van der Waals surface area contributed by atoms with Crippen molar-refractivity contribution in [3.8, 4) is 0 Å². The molecule has 0 aromatic carbocycles. The molecule has 9 nitrogen and oxygen atoms in total. The Hall–Kier alpha value is -2.84. The van der Waals surface area contributed by atoms with Crippen molar-refractivity contribution in [2.75, 3.05) is 13.2 Å². The van der Waals surface area contributed by atoms with E-state index in [0.717, 1.165) is 89.9 Å². The number of ketones is 1. The van der Waals surface area contributed by atoms with Crippen LogP contribution in [-0.2, 0) is 32.9 Å². The molecule has 0 bridgehead atoms. The van der Waals surface area contributed by atoms with Crippen LogP contribution in [0.1, 0.15) is 136 Å². The molecule has 0 aliphatic rings. The van der Waals surface area contributed by atoms with Crippen LogP contribution in [-0.4, -0.2) is 46.8 Å². The molecule has 1 atom stereocenters. The number of rotatable bonds is 32. The number of unbranched alkanes of at least 4 members (excludes halogenated alkanes) is 9. The van der Waals surface area contributed by atoms with Crippen LogP contribution in [0.5, 0.6) is 0 Å². The van der Waals surface area contributed by atoms with Gasteiger partial charge in [0.2, 0.25) is 0 Å². The van der Waals surface area contributed by atoms with Gasteiger partial charge in [0, 0.05) is 19.3 Å². The molecule has 0 unspecified atom stereocenters. The molecule has 49 heavy (non-hydrogen) atoms. The zero-order valence-electron chi connectivity index (χ0n) is 30.1. The van der Waals surface area contributed by atoms with E-state index < -0.39 is 32.5 Å². The van der Waals surface area contributed by atoms with Crippen molar-refractivity contribution in [2.45, 2.75) is 142 Å². The lowest BCUT2D eigenvalue weighted by Crippen LogP contribution is -2.29. The Balaban J connectivity index is 4.15. The molecule has 0 aromatic rings. The molecule has 0 fully saturated rings. The summed E-state index contributed by atoms with van der Waals surface area (Å²) in [5.41, 5.74) is 0. The quantitative estimate of drug-likeness (QED) is 0.0175. The molecular weight excluding hydrogens is 643 g/mol. The maximum atomic E-state index is 12.3. The molecule has 0 saturated heterocycles. The van der Waals surface area contributed by atoms with Crippen molar-refractivity contribution in [1.82, 2.24) is 0 Å². The molecule has 278 valence electrons. The van der Waals surface area contributed by atoms with Gasteiger partial charge in [0.25, 0.3) is 0 Å². The Kier molecular flexibility index (Phi) is 31.7. The molecule has 0 aliphatic carbocycles. The minimum atomic E-state index is -4.78. The molecule has 0 amide bonds. The minimum absolute atomic E-state index is 0.138. The molecule has 10 heteroatoms. The van der Waals surface area contributed by atoms with Crippen molar-refractivity contribution in [3.05, 3.63) is 72.9 Å². The maximum Gasteiger partial charge on any atom is 0.469 e. The van der Waals surface area contributed by atoms with E-state index in [0.29, 0.717) is 19.3 Å². The fraction of sp³-hybridized carbons (Fsp3) is 0.615. The average Bonchev–Trinajstić information content (AvgIpc) is 3.06. The smallest absolute Gasteiger partial charge is 0.462 e. The van der Waals surface area contributed by atoms with E-state index in [1.54, 1.807) is 12.2 Å².